The Morgan fingerprint density at radius 1 is 1.48 bits per heavy atom. The van der Waals surface area contributed by atoms with Crippen LogP contribution in [0.4, 0.5) is 4.79 Å². The monoisotopic (exact) mass is 296 g/mol. The predicted molar refractivity (Wildman–Crippen MR) is 74.4 cm³/mol. The molecular weight excluding hydrogens is 276 g/mol. The van der Waals surface area contributed by atoms with Gasteiger partial charge in [0.2, 0.25) is 11.8 Å². The summed E-state index contributed by atoms with van der Waals surface area (Å²) in [5.41, 5.74) is -0.0262. The molecule has 0 aromatic carbocycles. The molecule has 0 fully saturated rings. The van der Waals surface area contributed by atoms with Crippen LogP contribution in [0.15, 0.2) is 12.1 Å². The van der Waals surface area contributed by atoms with Crippen molar-refractivity contribution in [3.05, 3.63) is 17.7 Å². The van der Waals surface area contributed by atoms with E-state index >= 15 is 0 Å². The van der Waals surface area contributed by atoms with Crippen LogP contribution in [-0.4, -0.2) is 41.6 Å². The lowest BCUT2D eigenvalue weighted by Crippen LogP contribution is -2.44. The highest BCUT2D eigenvalue weighted by Crippen LogP contribution is 2.32. The average Bonchev–Trinajstić information content (AvgIpc) is 2.39. The van der Waals surface area contributed by atoms with Gasteiger partial charge in [-0.25, -0.2) is 4.79 Å². The number of ether oxygens (including phenoxy) is 3. The molecule has 0 spiro atoms. The summed E-state index contributed by atoms with van der Waals surface area (Å²) in [4.78, 5) is 16.0. The van der Waals surface area contributed by atoms with Crippen molar-refractivity contribution < 1.29 is 24.1 Å². The molecule has 2 atom stereocenters. The van der Waals surface area contributed by atoms with Gasteiger partial charge in [0.05, 0.1) is 13.2 Å². The molecule has 0 radical (unpaired) electrons. The van der Waals surface area contributed by atoms with E-state index < -0.39 is 23.8 Å². The molecule has 21 heavy (non-hydrogen) atoms. The summed E-state index contributed by atoms with van der Waals surface area (Å²) in [6.07, 6.45) is -1.48. The van der Waals surface area contributed by atoms with Crippen molar-refractivity contribution in [3.8, 4) is 11.8 Å². The van der Waals surface area contributed by atoms with Crippen molar-refractivity contribution in [2.45, 2.75) is 38.5 Å². The molecule has 0 saturated carbocycles. The van der Waals surface area contributed by atoms with Gasteiger partial charge in [0.1, 0.15) is 18.3 Å². The fourth-order valence-electron chi connectivity index (χ4n) is 1.98. The van der Waals surface area contributed by atoms with Gasteiger partial charge in [-0.15, -0.1) is 0 Å². The summed E-state index contributed by atoms with van der Waals surface area (Å²) >= 11 is 0. The van der Waals surface area contributed by atoms with Crippen molar-refractivity contribution in [3.63, 3.8) is 0 Å². The lowest BCUT2D eigenvalue weighted by atomic mass is 10.0. The maximum absolute atomic E-state index is 11.9. The van der Waals surface area contributed by atoms with E-state index in [2.05, 4.69) is 10.3 Å². The molecule has 116 valence electrons. The van der Waals surface area contributed by atoms with Crippen molar-refractivity contribution >= 4 is 6.09 Å². The summed E-state index contributed by atoms with van der Waals surface area (Å²) in [5.74, 6) is 0.738. The van der Waals surface area contributed by atoms with Crippen LogP contribution in [0.1, 0.15) is 32.4 Å². The minimum Gasteiger partial charge on any atom is -0.481 e. The van der Waals surface area contributed by atoms with E-state index in [9.17, 15) is 9.90 Å². The number of methoxy groups -OCH3 is 1. The number of hydrogen-bond donors (Lipinski definition) is 2. The molecule has 2 rings (SSSR count). The number of alkyl carbamates (subject to hydrolysis) is 1. The standard InChI is InChI=1S/C14H20N2O5/c1-14(2,3)21-13(18)16-11-8-5-6-10(19-4)15-12(8)20-7-9(11)17/h5-6,9,11,17H,7H2,1-4H3,(H,16,18)/t9-,11+/m1/s1. The first-order chi connectivity index (χ1) is 9.80. The largest absolute Gasteiger partial charge is 0.481 e. The summed E-state index contributed by atoms with van der Waals surface area (Å²) in [7, 11) is 1.50. The average molecular weight is 296 g/mol. The number of pyridine rings is 1. The van der Waals surface area contributed by atoms with E-state index in [1.165, 1.54) is 7.11 Å². The molecular formula is C14H20N2O5. The minimum atomic E-state index is -0.875. The second kappa shape index (κ2) is 5.77. The third-order valence-corrected chi connectivity index (χ3v) is 2.86. The van der Waals surface area contributed by atoms with Gasteiger partial charge in [0.15, 0.2) is 0 Å². The van der Waals surface area contributed by atoms with Gasteiger partial charge >= 0.3 is 6.09 Å². The molecule has 0 aliphatic carbocycles. The molecule has 0 bridgehead atoms. The zero-order valence-corrected chi connectivity index (χ0v) is 12.5. The summed E-state index contributed by atoms with van der Waals surface area (Å²) < 4.78 is 15.6. The third kappa shape index (κ3) is 3.75. The fraction of sp³-hybridized carbons (Fsp3) is 0.571. The maximum Gasteiger partial charge on any atom is 0.408 e. The number of hydrogen-bond acceptors (Lipinski definition) is 6. The molecule has 1 aliphatic heterocycles. The van der Waals surface area contributed by atoms with Crippen molar-refractivity contribution in [2.24, 2.45) is 0 Å². The van der Waals surface area contributed by atoms with Crippen LogP contribution in [-0.2, 0) is 4.74 Å². The van der Waals surface area contributed by atoms with E-state index in [0.29, 0.717) is 17.3 Å². The smallest absolute Gasteiger partial charge is 0.408 e. The molecule has 1 aliphatic rings. The Bertz CT molecular complexity index is 527. The zero-order chi connectivity index (χ0) is 15.6. The second-order valence-electron chi connectivity index (χ2n) is 5.75. The van der Waals surface area contributed by atoms with Crippen molar-refractivity contribution in [2.75, 3.05) is 13.7 Å². The Morgan fingerprint density at radius 3 is 2.81 bits per heavy atom. The number of carbonyl (C=O) groups is 1. The van der Waals surface area contributed by atoms with Crippen LogP contribution in [0.3, 0.4) is 0 Å². The fourth-order valence-corrected chi connectivity index (χ4v) is 1.98. The van der Waals surface area contributed by atoms with Gasteiger partial charge in [0, 0.05) is 11.6 Å². The van der Waals surface area contributed by atoms with E-state index in [0.717, 1.165) is 0 Å². The minimum absolute atomic E-state index is 0.0353. The summed E-state index contributed by atoms with van der Waals surface area (Å²) in [6.45, 7) is 5.35. The van der Waals surface area contributed by atoms with Gasteiger partial charge in [-0.2, -0.15) is 4.98 Å². The van der Waals surface area contributed by atoms with Gasteiger partial charge in [-0.1, -0.05) is 0 Å². The van der Waals surface area contributed by atoms with E-state index in [1.807, 2.05) is 0 Å². The second-order valence-corrected chi connectivity index (χ2v) is 5.75. The Hall–Kier alpha value is -2.02. The SMILES string of the molecule is COc1ccc2c(n1)OC[C@@H](O)[C@H]2NC(=O)OC(C)(C)C. The van der Waals surface area contributed by atoms with Crippen LogP contribution in [0.25, 0.3) is 0 Å². The van der Waals surface area contributed by atoms with Crippen LogP contribution < -0.4 is 14.8 Å². The number of rotatable bonds is 2. The van der Waals surface area contributed by atoms with Crippen molar-refractivity contribution in [1.29, 1.82) is 0 Å². The molecule has 0 unspecified atom stereocenters. The normalized spacial score (nSPS) is 21.0. The Labute approximate surface area is 123 Å². The highest BCUT2D eigenvalue weighted by atomic mass is 16.6. The number of aromatic nitrogens is 1. The molecule has 0 saturated heterocycles. The number of carbonyl (C=O) groups excluding carboxylic acids is 1. The maximum atomic E-state index is 11.9. The highest BCUT2D eigenvalue weighted by molar-refractivity contribution is 5.68. The molecule has 7 heteroatoms. The van der Waals surface area contributed by atoms with Crippen LogP contribution >= 0.6 is 0 Å². The quantitative estimate of drug-likeness (QED) is 0.857. The zero-order valence-electron chi connectivity index (χ0n) is 12.5. The third-order valence-electron chi connectivity index (χ3n) is 2.86. The number of nitrogens with one attached hydrogen (secondary N) is 1. The first kappa shape index (κ1) is 15.4. The highest BCUT2D eigenvalue weighted by Gasteiger charge is 2.33. The van der Waals surface area contributed by atoms with Gasteiger partial charge in [-0.05, 0) is 26.8 Å². The first-order valence-corrected chi connectivity index (χ1v) is 6.65. The topological polar surface area (TPSA) is 89.9 Å². The molecule has 1 amide bonds. The van der Waals surface area contributed by atoms with E-state index in [4.69, 9.17) is 14.2 Å². The first-order valence-electron chi connectivity index (χ1n) is 6.65. The summed E-state index contributed by atoms with van der Waals surface area (Å²) in [6, 6.07) is 2.71. The molecule has 7 nitrogen and oxygen atoms in total. The Morgan fingerprint density at radius 2 is 2.19 bits per heavy atom. The number of amides is 1. The predicted octanol–water partition coefficient (Wildman–Crippen LogP) is 1.41. The van der Waals surface area contributed by atoms with Crippen molar-refractivity contribution in [1.82, 2.24) is 10.3 Å². The van der Waals surface area contributed by atoms with Crippen LogP contribution in [0, 0.1) is 0 Å². The Balaban J connectivity index is 2.18. The van der Waals surface area contributed by atoms with E-state index in [-0.39, 0.29) is 6.61 Å². The molecule has 2 N–H and O–H groups in total. The number of aliphatic hydroxyl groups is 1. The number of nitrogens with zero attached hydrogens (tertiary/aromatic N) is 1. The molecule has 2 heterocycles. The van der Waals surface area contributed by atoms with Gasteiger partial charge in [0.25, 0.3) is 0 Å². The van der Waals surface area contributed by atoms with E-state index in [1.54, 1.807) is 32.9 Å². The number of fused-ring (bicyclic) bond motifs is 1. The lowest BCUT2D eigenvalue weighted by molar-refractivity contribution is 0.0263. The van der Waals surface area contributed by atoms with Crippen LogP contribution in [0.5, 0.6) is 11.8 Å². The van der Waals surface area contributed by atoms with Crippen LogP contribution in [0.2, 0.25) is 0 Å². The van der Waals surface area contributed by atoms with Gasteiger partial charge in [-0.3, -0.25) is 0 Å². The van der Waals surface area contributed by atoms with Gasteiger partial charge < -0.3 is 24.6 Å². The lowest BCUT2D eigenvalue weighted by Gasteiger charge is -2.31. The Kier molecular flexibility index (Phi) is 4.22. The number of aliphatic hydroxyl groups excluding tert-OH is 1. The molecule has 1 aromatic heterocycles. The summed E-state index contributed by atoms with van der Waals surface area (Å²) in [5, 5.41) is 12.7. The molecule has 1 aromatic rings.